The number of rotatable bonds is 9. The van der Waals surface area contributed by atoms with Gasteiger partial charge >= 0.3 is 6.09 Å². The summed E-state index contributed by atoms with van der Waals surface area (Å²) in [4.78, 5) is 14.6. The molecule has 1 heterocycles. The molecule has 0 aliphatic carbocycles. The molecule has 2 atom stereocenters. The van der Waals surface area contributed by atoms with Crippen molar-refractivity contribution < 1.29 is 9.53 Å². The first-order chi connectivity index (χ1) is 13.3. The van der Waals surface area contributed by atoms with Crippen molar-refractivity contribution in [3.8, 4) is 0 Å². The molecule has 2 rings (SSSR count). The van der Waals surface area contributed by atoms with Crippen LogP contribution >= 0.6 is 0 Å². The van der Waals surface area contributed by atoms with Gasteiger partial charge in [0.2, 0.25) is 0 Å². The van der Waals surface area contributed by atoms with Gasteiger partial charge in [0.05, 0.1) is 6.04 Å². The van der Waals surface area contributed by atoms with E-state index in [0.717, 1.165) is 31.7 Å². The first-order valence-electron chi connectivity index (χ1n) is 11.4. The van der Waals surface area contributed by atoms with Crippen molar-refractivity contribution in [3.05, 3.63) is 35.4 Å². The molecule has 1 amide bonds. The summed E-state index contributed by atoms with van der Waals surface area (Å²) in [6.07, 6.45) is 10.9. The van der Waals surface area contributed by atoms with Crippen molar-refractivity contribution in [2.75, 3.05) is 6.54 Å². The molecule has 0 N–H and O–H groups in total. The van der Waals surface area contributed by atoms with E-state index in [-0.39, 0.29) is 12.1 Å². The smallest absolute Gasteiger partial charge is 0.410 e. The molecule has 0 bridgehead atoms. The molecule has 0 spiro atoms. The van der Waals surface area contributed by atoms with Crippen LogP contribution in [0.1, 0.15) is 103 Å². The zero-order valence-electron chi connectivity index (χ0n) is 18.8. The highest BCUT2D eigenvalue weighted by Gasteiger charge is 2.33. The number of hydrogen-bond donors (Lipinski definition) is 0. The Bertz CT molecular complexity index is 605. The number of unbranched alkanes of at least 4 members (excludes halogenated alkanes) is 2. The summed E-state index contributed by atoms with van der Waals surface area (Å²) in [5.41, 5.74) is 2.28. The van der Waals surface area contributed by atoms with Crippen molar-refractivity contribution in [2.24, 2.45) is 5.92 Å². The van der Waals surface area contributed by atoms with Gasteiger partial charge in [-0.05, 0) is 63.5 Å². The Labute approximate surface area is 172 Å². The van der Waals surface area contributed by atoms with E-state index in [0.29, 0.717) is 0 Å². The van der Waals surface area contributed by atoms with Crippen LogP contribution in [0.3, 0.4) is 0 Å². The van der Waals surface area contributed by atoms with Gasteiger partial charge in [0, 0.05) is 6.54 Å². The van der Waals surface area contributed by atoms with Crippen molar-refractivity contribution in [2.45, 2.75) is 104 Å². The fourth-order valence-electron chi connectivity index (χ4n) is 4.24. The van der Waals surface area contributed by atoms with E-state index in [1.807, 2.05) is 25.7 Å². The minimum atomic E-state index is -0.447. The highest BCUT2D eigenvalue weighted by Crippen LogP contribution is 2.35. The second-order valence-electron chi connectivity index (χ2n) is 9.52. The van der Waals surface area contributed by atoms with E-state index in [2.05, 4.69) is 38.1 Å². The minimum absolute atomic E-state index is 0.160. The van der Waals surface area contributed by atoms with Crippen LogP contribution in [-0.4, -0.2) is 23.1 Å². The van der Waals surface area contributed by atoms with Crippen LogP contribution < -0.4 is 0 Å². The molecule has 0 radical (unpaired) electrons. The lowest BCUT2D eigenvalue weighted by atomic mass is 9.92. The molecule has 0 aromatic heterocycles. The number of hydrogen-bond acceptors (Lipinski definition) is 2. The average molecular weight is 388 g/mol. The van der Waals surface area contributed by atoms with E-state index >= 15 is 0 Å². The van der Waals surface area contributed by atoms with Crippen LogP contribution in [-0.2, 0) is 11.2 Å². The predicted molar refractivity (Wildman–Crippen MR) is 118 cm³/mol. The molecular formula is C25H41NO2. The predicted octanol–water partition coefficient (Wildman–Crippen LogP) is 7.30. The van der Waals surface area contributed by atoms with Crippen molar-refractivity contribution in [1.82, 2.24) is 4.90 Å². The number of carbonyl (C=O) groups excluding carboxylic acids is 1. The number of amides is 1. The second kappa shape index (κ2) is 10.9. The lowest BCUT2D eigenvalue weighted by molar-refractivity contribution is 0.0224. The topological polar surface area (TPSA) is 29.5 Å². The normalized spacial score (nSPS) is 18.3. The summed E-state index contributed by atoms with van der Waals surface area (Å²) < 4.78 is 5.66. The maximum absolute atomic E-state index is 12.7. The summed E-state index contributed by atoms with van der Waals surface area (Å²) in [6, 6.07) is 8.87. The molecule has 2 unspecified atom stereocenters. The highest BCUT2D eigenvalue weighted by molar-refractivity contribution is 5.69. The zero-order chi connectivity index (χ0) is 20.6. The SMILES string of the molecule is CCCCCC(C)CCCc1ccccc1C1CCCN1C(=O)OC(C)(C)C. The van der Waals surface area contributed by atoms with Crippen molar-refractivity contribution in [3.63, 3.8) is 0 Å². The van der Waals surface area contributed by atoms with Crippen molar-refractivity contribution >= 4 is 6.09 Å². The molecule has 1 fully saturated rings. The number of benzene rings is 1. The van der Waals surface area contributed by atoms with E-state index in [9.17, 15) is 4.79 Å². The molecule has 1 aliphatic heterocycles. The summed E-state index contributed by atoms with van der Waals surface area (Å²) in [5.74, 6) is 0.809. The van der Waals surface area contributed by atoms with E-state index < -0.39 is 5.60 Å². The fraction of sp³-hybridized carbons (Fsp3) is 0.720. The number of carbonyl (C=O) groups is 1. The van der Waals surface area contributed by atoms with Gasteiger partial charge < -0.3 is 9.64 Å². The quantitative estimate of drug-likeness (QED) is 0.416. The Hall–Kier alpha value is -1.51. The van der Waals surface area contributed by atoms with Gasteiger partial charge in [-0.1, -0.05) is 70.2 Å². The van der Waals surface area contributed by atoms with E-state index in [1.165, 1.54) is 49.7 Å². The van der Waals surface area contributed by atoms with E-state index in [4.69, 9.17) is 4.74 Å². The third-order valence-electron chi connectivity index (χ3n) is 5.74. The fourth-order valence-corrected chi connectivity index (χ4v) is 4.24. The molecule has 1 aromatic rings. The summed E-state index contributed by atoms with van der Waals surface area (Å²) in [7, 11) is 0. The highest BCUT2D eigenvalue weighted by atomic mass is 16.6. The van der Waals surface area contributed by atoms with Gasteiger partial charge in [-0.15, -0.1) is 0 Å². The molecule has 1 aromatic carbocycles. The van der Waals surface area contributed by atoms with Gasteiger partial charge in [0.15, 0.2) is 0 Å². The standard InChI is InChI=1S/C25H41NO2/c1-6-7-8-13-20(2)14-11-16-21-15-9-10-17-22(21)23-18-12-19-26(23)24(27)28-25(3,4)5/h9-10,15,17,20,23H,6-8,11-14,16,18-19H2,1-5H3. The number of ether oxygens (including phenoxy) is 1. The molecule has 0 saturated carbocycles. The van der Waals surface area contributed by atoms with Crippen LogP contribution in [0.4, 0.5) is 4.79 Å². The van der Waals surface area contributed by atoms with Gasteiger partial charge in [-0.2, -0.15) is 0 Å². The lowest BCUT2D eigenvalue weighted by Crippen LogP contribution is -2.36. The van der Waals surface area contributed by atoms with Crippen LogP contribution in [0.5, 0.6) is 0 Å². The summed E-state index contributed by atoms with van der Waals surface area (Å²) in [6.45, 7) is 11.3. The molecule has 3 heteroatoms. The monoisotopic (exact) mass is 387 g/mol. The third-order valence-corrected chi connectivity index (χ3v) is 5.74. The molecule has 28 heavy (non-hydrogen) atoms. The van der Waals surface area contributed by atoms with Crippen LogP contribution in [0.25, 0.3) is 0 Å². The minimum Gasteiger partial charge on any atom is -0.444 e. The first kappa shape index (κ1) is 22.8. The zero-order valence-corrected chi connectivity index (χ0v) is 18.8. The Morgan fingerprint density at radius 2 is 1.89 bits per heavy atom. The second-order valence-corrected chi connectivity index (χ2v) is 9.52. The Kier molecular flexibility index (Phi) is 8.85. The van der Waals surface area contributed by atoms with Gasteiger partial charge in [-0.3, -0.25) is 0 Å². The van der Waals surface area contributed by atoms with Gasteiger partial charge in [-0.25, -0.2) is 4.79 Å². The number of nitrogens with zero attached hydrogens (tertiary/aromatic N) is 1. The van der Waals surface area contributed by atoms with Gasteiger partial charge in [0.1, 0.15) is 5.60 Å². The first-order valence-corrected chi connectivity index (χ1v) is 11.4. The Morgan fingerprint density at radius 3 is 2.61 bits per heavy atom. The number of aryl methyl sites for hydroxylation is 1. The maximum Gasteiger partial charge on any atom is 0.410 e. The van der Waals surface area contributed by atoms with Crippen molar-refractivity contribution in [1.29, 1.82) is 0 Å². The van der Waals surface area contributed by atoms with Crippen LogP contribution in [0, 0.1) is 5.92 Å². The van der Waals surface area contributed by atoms with Crippen LogP contribution in [0.2, 0.25) is 0 Å². The van der Waals surface area contributed by atoms with Gasteiger partial charge in [0.25, 0.3) is 0 Å². The maximum atomic E-state index is 12.7. The largest absolute Gasteiger partial charge is 0.444 e. The number of likely N-dealkylation sites (tertiary alicyclic amines) is 1. The third kappa shape index (κ3) is 7.14. The molecule has 158 valence electrons. The Balaban J connectivity index is 1.97. The molecule has 1 saturated heterocycles. The molecular weight excluding hydrogens is 346 g/mol. The summed E-state index contributed by atoms with van der Waals surface area (Å²) in [5, 5.41) is 0. The molecule has 1 aliphatic rings. The average Bonchev–Trinajstić information content (AvgIpc) is 3.11. The van der Waals surface area contributed by atoms with Crippen LogP contribution in [0.15, 0.2) is 24.3 Å². The van der Waals surface area contributed by atoms with E-state index in [1.54, 1.807) is 0 Å². The Morgan fingerprint density at radius 1 is 1.18 bits per heavy atom. The summed E-state index contributed by atoms with van der Waals surface area (Å²) >= 11 is 0. The lowest BCUT2D eigenvalue weighted by Gasteiger charge is -2.30. The molecule has 3 nitrogen and oxygen atoms in total.